The molecule has 0 radical (unpaired) electrons. The van der Waals surface area contributed by atoms with Crippen LogP contribution in [0.15, 0.2) is 36.5 Å². The Kier molecular flexibility index (Phi) is 4.72. The van der Waals surface area contributed by atoms with Crippen molar-refractivity contribution in [2.75, 3.05) is 0 Å². The number of non-ortho nitro benzene ring substituents is 1. The van der Waals surface area contributed by atoms with Crippen LogP contribution in [0.4, 0.5) is 5.69 Å². The van der Waals surface area contributed by atoms with Crippen molar-refractivity contribution in [3.8, 4) is 11.5 Å². The van der Waals surface area contributed by atoms with Crippen LogP contribution in [-0.2, 0) is 0 Å². The molecule has 7 heteroatoms. The Labute approximate surface area is 126 Å². The van der Waals surface area contributed by atoms with Gasteiger partial charge < -0.3 is 9.84 Å². The fraction of sp³-hybridized carbons (Fsp3) is 0.214. The molecule has 1 aromatic heterocycles. The Bertz CT molecular complexity index is 646. The van der Waals surface area contributed by atoms with Gasteiger partial charge in [0, 0.05) is 12.1 Å². The van der Waals surface area contributed by atoms with Gasteiger partial charge in [0.1, 0.15) is 11.5 Å². The van der Waals surface area contributed by atoms with Crippen molar-refractivity contribution in [3.05, 3.63) is 57.4 Å². The largest absolute Gasteiger partial charge is 0.454 e. The van der Waals surface area contributed by atoms with Crippen molar-refractivity contribution < 1.29 is 14.8 Å². The lowest BCUT2D eigenvalue weighted by Gasteiger charge is -2.09. The van der Waals surface area contributed by atoms with Crippen molar-refractivity contribution in [2.24, 2.45) is 0 Å². The number of aliphatic hydroxyl groups is 1. The molecule has 1 heterocycles. The standard InChI is InChI=1S/C14H13ClN2O4/c1-2-13(18)12-5-4-10(8-16-12)21-14-6-3-9(17(19)20)7-11(14)15/h3-8,13,18H,2H2,1H3. The minimum Gasteiger partial charge on any atom is -0.454 e. The number of hydrogen-bond acceptors (Lipinski definition) is 5. The highest BCUT2D eigenvalue weighted by atomic mass is 35.5. The number of rotatable bonds is 5. The third kappa shape index (κ3) is 3.68. The third-order valence-electron chi connectivity index (χ3n) is 2.84. The van der Waals surface area contributed by atoms with Gasteiger partial charge in [-0.05, 0) is 24.6 Å². The number of nitro benzene ring substituents is 1. The summed E-state index contributed by atoms with van der Waals surface area (Å²) in [6.07, 6.45) is 1.43. The maximum absolute atomic E-state index is 10.6. The summed E-state index contributed by atoms with van der Waals surface area (Å²) in [5, 5.41) is 20.4. The SMILES string of the molecule is CCC(O)c1ccc(Oc2ccc([N+](=O)[O-])cc2Cl)cn1. The predicted octanol–water partition coefficient (Wildman–Crippen LogP) is 3.88. The molecule has 21 heavy (non-hydrogen) atoms. The maximum Gasteiger partial charge on any atom is 0.271 e. The average molecular weight is 309 g/mol. The molecule has 2 aromatic rings. The van der Waals surface area contributed by atoms with E-state index >= 15 is 0 Å². The first-order chi connectivity index (χ1) is 10.0. The van der Waals surface area contributed by atoms with Gasteiger partial charge in [-0.1, -0.05) is 18.5 Å². The van der Waals surface area contributed by atoms with Gasteiger partial charge in [-0.25, -0.2) is 0 Å². The Hall–Kier alpha value is -2.18. The first-order valence-electron chi connectivity index (χ1n) is 6.27. The van der Waals surface area contributed by atoms with E-state index in [2.05, 4.69) is 4.98 Å². The van der Waals surface area contributed by atoms with Crippen molar-refractivity contribution in [1.82, 2.24) is 4.98 Å². The first kappa shape index (κ1) is 15.2. The van der Waals surface area contributed by atoms with E-state index in [4.69, 9.17) is 16.3 Å². The summed E-state index contributed by atoms with van der Waals surface area (Å²) in [5.41, 5.74) is 0.450. The topological polar surface area (TPSA) is 85.5 Å². The second-order valence-electron chi connectivity index (χ2n) is 4.32. The lowest BCUT2D eigenvalue weighted by atomic mass is 10.2. The summed E-state index contributed by atoms with van der Waals surface area (Å²) in [7, 11) is 0. The molecular weight excluding hydrogens is 296 g/mol. The number of ether oxygens (including phenoxy) is 1. The van der Waals surface area contributed by atoms with Crippen molar-refractivity contribution >= 4 is 17.3 Å². The minimum atomic E-state index is -0.609. The molecule has 0 aliphatic carbocycles. The van der Waals surface area contributed by atoms with Crippen molar-refractivity contribution in [2.45, 2.75) is 19.4 Å². The molecule has 1 N–H and O–H groups in total. The van der Waals surface area contributed by atoms with Gasteiger partial charge in [0.25, 0.3) is 5.69 Å². The van der Waals surface area contributed by atoms with Crippen LogP contribution in [0.1, 0.15) is 25.1 Å². The van der Waals surface area contributed by atoms with Gasteiger partial charge in [-0.15, -0.1) is 0 Å². The number of benzene rings is 1. The molecule has 0 aliphatic rings. The zero-order valence-corrected chi connectivity index (χ0v) is 11.9. The molecule has 1 atom stereocenters. The smallest absolute Gasteiger partial charge is 0.271 e. The first-order valence-corrected chi connectivity index (χ1v) is 6.65. The van der Waals surface area contributed by atoms with E-state index in [0.29, 0.717) is 23.6 Å². The van der Waals surface area contributed by atoms with Crippen LogP contribution in [0.2, 0.25) is 5.02 Å². The van der Waals surface area contributed by atoms with Crippen LogP contribution in [0, 0.1) is 10.1 Å². The molecule has 2 rings (SSSR count). The molecular formula is C14H13ClN2O4. The fourth-order valence-electron chi connectivity index (χ4n) is 1.67. The van der Waals surface area contributed by atoms with E-state index in [9.17, 15) is 15.2 Å². The van der Waals surface area contributed by atoms with Gasteiger partial charge in [0.05, 0.1) is 27.9 Å². The molecule has 0 bridgehead atoms. The maximum atomic E-state index is 10.6. The monoisotopic (exact) mass is 308 g/mol. The highest BCUT2D eigenvalue weighted by molar-refractivity contribution is 6.32. The molecule has 0 fully saturated rings. The van der Waals surface area contributed by atoms with E-state index in [-0.39, 0.29) is 10.7 Å². The summed E-state index contributed by atoms with van der Waals surface area (Å²) < 4.78 is 5.51. The van der Waals surface area contributed by atoms with E-state index in [1.807, 2.05) is 6.92 Å². The third-order valence-corrected chi connectivity index (χ3v) is 3.14. The molecule has 0 saturated carbocycles. The summed E-state index contributed by atoms with van der Waals surface area (Å²) in [6, 6.07) is 7.26. The number of hydrogen-bond donors (Lipinski definition) is 1. The highest BCUT2D eigenvalue weighted by Crippen LogP contribution is 2.32. The van der Waals surface area contributed by atoms with E-state index in [1.54, 1.807) is 12.1 Å². The van der Waals surface area contributed by atoms with Crippen molar-refractivity contribution in [1.29, 1.82) is 0 Å². The van der Waals surface area contributed by atoms with Crippen LogP contribution in [0.5, 0.6) is 11.5 Å². The zero-order valence-electron chi connectivity index (χ0n) is 11.2. The van der Waals surface area contributed by atoms with Crippen molar-refractivity contribution in [3.63, 3.8) is 0 Å². The second-order valence-corrected chi connectivity index (χ2v) is 4.72. The lowest BCUT2D eigenvalue weighted by molar-refractivity contribution is -0.384. The number of halogens is 1. The Morgan fingerprint density at radius 2 is 2.19 bits per heavy atom. The van der Waals surface area contributed by atoms with E-state index in [1.165, 1.54) is 24.4 Å². The molecule has 0 aliphatic heterocycles. The van der Waals surface area contributed by atoms with Gasteiger partial charge in [0.2, 0.25) is 0 Å². The van der Waals surface area contributed by atoms with Gasteiger partial charge in [0.15, 0.2) is 0 Å². The number of nitro groups is 1. The number of pyridine rings is 1. The quantitative estimate of drug-likeness (QED) is 0.669. The number of aliphatic hydroxyl groups excluding tert-OH is 1. The normalized spacial score (nSPS) is 12.0. The Balaban J connectivity index is 2.16. The molecule has 6 nitrogen and oxygen atoms in total. The van der Waals surface area contributed by atoms with Gasteiger partial charge in [-0.3, -0.25) is 15.1 Å². The van der Waals surface area contributed by atoms with Crippen LogP contribution in [-0.4, -0.2) is 15.0 Å². The summed E-state index contributed by atoms with van der Waals surface area (Å²) in [4.78, 5) is 14.2. The molecule has 1 aromatic carbocycles. The number of nitrogens with zero attached hydrogens (tertiary/aromatic N) is 2. The average Bonchev–Trinajstić information content (AvgIpc) is 2.49. The van der Waals surface area contributed by atoms with Gasteiger partial charge >= 0.3 is 0 Å². The Morgan fingerprint density at radius 3 is 2.71 bits per heavy atom. The predicted molar refractivity (Wildman–Crippen MR) is 77.7 cm³/mol. The lowest BCUT2D eigenvalue weighted by Crippen LogP contribution is -1.98. The van der Waals surface area contributed by atoms with Crippen LogP contribution < -0.4 is 4.74 Å². The van der Waals surface area contributed by atoms with Crippen LogP contribution in [0.25, 0.3) is 0 Å². The summed E-state index contributed by atoms with van der Waals surface area (Å²) in [5.74, 6) is 0.727. The zero-order chi connectivity index (χ0) is 15.4. The number of aromatic nitrogens is 1. The minimum absolute atomic E-state index is 0.105. The summed E-state index contributed by atoms with van der Waals surface area (Å²) in [6.45, 7) is 1.85. The molecule has 110 valence electrons. The molecule has 1 unspecified atom stereocenters. The molecule has 0 amide bonds. The van der Waals surface area contributed by atoms with Gasteiger partial charge in [-0.2, -0.15) is 0 Å². The highest BCUT2D eigenvalue weighted by Gasteiger charge is 2.12. The molecule has 0 saturated heterocycles. The van der Waals surface area contributed by atoms with E-state index in [0.717, 1.165) is 0 Å². The summed E-state index contributed by atoms with van der Waals surface area (Å²) >= 11 is 5.94. The fourth-order valence-corrected chi connectivity index (χ4v) is 1.88. The second kappa shape index (κ2) is 6.51. The van der Waals surface area contributed by atoms with Crippen LogP contribution in [0.3, 0.4) is 0 Å². The van der Waals surface area contributed by atoms with Crippen LogP contribution >= 0.6 is 11.6 Å². The van der Waals surface area contributed by atoms with E-state index < -0.39 is 11.0 Å². The molecule has 0 spiro atoms. The Morgan fingerprint density at radius 1 is 1.43 bits per heavy atom.